The number of carbonyl (C=O) groups excluding carboxylic acids is 10. The van der Waals surface area contributed by atoms with Gasteiger partial charge in [-0.2, -0.15) is 0 Å². The fourth-order valence-corrected chi connectivity index (χ4v) is 9.32. The maximum atomic E-state index is 13.8. The first-order valence-corrected chi connectivity index (χ1v) is 26.1. The number of nitrogens with one attached hydrogen (secondary N) is 6. The summed E-state index contributed by atoms with van der Waals surface area (Å²) in [5, 5.41) is 99.5. The summed E-state index contributed by atoms with van der Waals surface area (Å²) in [5.41, 5.74) is 3.73. The molecule has 7 amide bonds. The van der Waals surface area contributed by atoms with Crippen LogP contribution in [0.1, 0.15) is 109 Å². The van der Waals surface area contributed by atoms with Gasteiger partial charge in [0, 0.05) is 79.0 Å². The minimum absolute atomic E-state index is 0. The van der Waals surface area contributed by atoms with Gasteiger partial charge in [-0.3, -0.25) is 67.1 Å². The van der Waals surface area contributed by atoms with Gasteiger partial charge in [0.1, 0.15) is 59.0 Å². The van der Waals surface area contributed by atoms with Crippen LogP contribution in [0, 0.1) is 11.8 Å². The number of rotatable bonds is 34. The van der Waals surface area contributed by atoms with E-state index in [1.165, 1.54) is 48.5 Å². The summed E-state index contributed by atoms with van der Waals surface area (Å²) < 4.78 is 11.9. The lowest BCUT2D eigenvalue weighted by Crippen LogP contribution is -2.57. The zero-order valence-electron chi connectivity index (χ0n) is 45.7. The Morgan fingerprint density at radius 2 is 1.00 bits per heavy atom. The van der Waals surface area contributed by atoms with Crippen molar-refractivity contribution in [1.29, 1.82) is 0 Å². The number of carboxylic acid groups (broad SMARTS) is 6. The number of Topliss-reactive ketones (excluding diaryl/α,β-unsaturated/α-hetero) is 2. The molecule has 3 aromatic rings. The number of hydrogen-bond donors (Lipinski definition) is 16. The molecule has 0 aliphatic carbocycles. The van der Waals surface area contributed by atoms with Gasteiger partial charge in [-0.25, -0.2) is 9.59 Å². The number of aliphatic carboxylic acids is 6. The van der Waals surface area contributed by atoms with Crippen LogP contribution in [0.4, 0.5) is 0 Å². The smallest absolute Gasteiger partial charge is 0.340 e. The number of aliphatic hydroxyl groups is 1. The summed E-state index contributed by atoms with van der Waals surface area (Å²) in [4.78, 5) is 203. The molecule has 0 bridgehead atoms. The van der Waals surface area contributed by atoms with E-state index < -0.39 is 220 Å². The second kappa shape index (κ2) is 29.6. The number of phenolic OH excluding ortho intramolecular Hbond substituents is 2. The molecule has 3 aromatic carbocycles. The van der Waals surface area contributed by atoms with Gasteiger partial charge in [-0.15, -0.1) is 0 Å². The molecule has 2 aliphatic heterocycles. The Kier molecular flexibility index (Phi) is 22.8. The standard InChI is InChI=1S/C54H57N7O27.5H2/c55-40(67)17-34(52(84)85)60-49(81)31(8-10-43(71)72)58-48(80)23(2-9-42(69)70)12-36(65)24(14-44(73)74)13-37(66)35(21-62)61-51(83)33(19-46(77)78)59-50(82)32(18-45(75)76)57-41(68)20-56-47(79)22-1-5-28-27(11-22)53(86)88-54(28)29-6-3-25(63)15-38(29)87-39-16-26(64)4-7-30(39)54;;;;;/h1,3-7,11,15-16,23-24,31-35,62-64H,2,8-10,12-14,17-21H2,(H2,55,67)(H,56,79)(H,57,68)(H,58,80)(H,59,82)(H,60,81)(H,61,83)(H,69,70)(H,71,72)(H,73,74)(H,75,76)(H,77,78)(H,84,85);5*1H. The van der Waals surface area contributed by atoms with Crippen LogP contribution >= 0.6 is 0 Å². The number of amides is 7. The van der Waals surface area contributed by atoms with Crippen LogP contribution in [0.5, 0.6) is 23.0 Å². The molecule has 2 aliphatic rings. The van der Waals surface area contributed by atoms with Crippen molar-refractivity contribution in [2.24, 2.45) is 17.6 Å². The number of benzene rings is 3. The van der Waals surface area contributed by atoms with Crippen molar-refractivity contribution in [3.05, 3.63) is 82.4 Å². The minimum atomic E-state index is -2.25. The van der Waals surface area contributed by atoms with Crippen molar-refractivity contribution in [3.63, 3.8) is 0 Å². The highest BCUT2D eigenvalue weighted by Crippen LogP contribution is 2.57. The molecule has 0 saturated heterocycles. The summed E-state index contributed by atoms with van der Waals surface area (Å²) in [7, 11) is 0. The Hall–Kier alpha value is -11.1. The van der Waals surface area contributed by atoms with Crippen LogP contribution in [-0.4, -0.2) is 184 Å². The van der Waals surface area contributed by atoms with Gasteiger partial charge in [0.2, 0.25) is 35.4 Å². The van der Waals surface area contributed by atoms with Gasteiger partial charge in [-0.1, -0.05) is 6.07 Å². The van der Waals surface area contributed by atoms with Crippen LogP contribution in [-0.2, 0) is 77.5 Å². The summed E-state index contributed by atoms with van der Waals surface area (Å²) in [6.45, 7) is -2.33. The maximum absolute atomic E-state index is 13.8. The van der Waals surface area contributed by atoms with E-state index >= 15 is 0 Å². The third-order valence-electron chi connectivity index (χ3n) is 13.5. The van der Waals surface area contributed by atoms with Gasteiger partial charge in [0.25, 0.3) is 5.91 Å². The van der Waals surface area contributed by atoms with E-state index in [0.29, 0.717) is 0 Å². The van der Waals surface area contributed by atoms with E-state index in [4.69, 9.17) is 15.2 Å². The SMILES string of the molecule is NC(=O)CC(NC(=O)C(CCC(=O)O)NC(=O)C(CCC(=O)O)CC(=O)C(CC(=O)O)CC(=O)C(CO)NC(=O)C(CC(=O)O)NC(=O)C(CC(=O)O)NC(=O)CNC(=O)c1ccc2c(c1)C(=O)OC21c2ccc(O)cc2Oc2cc(O)ccc21)C(=O)O.[HH].[HH].[HH].[HH].[HH]. The summed E-state index contributed by atoms with van der Waals surface area (Å²) in [6, 6.07) is 1.39. The van der Waals surface area contributed by atoms with Crippen molar-refractivity contribution >= 4 is 94.7 Å². The Morgan fingerprint density at radius 3 is 1.52 bits per heavy atom. The Bertz CT molecular complexity index is 3340. The lowest BCUT2D eigenvalue weighted by molar-refractivity contribution is -0.144. The third-order valence-corrected chi connectivity index (χ3v) is 13.5. The van der Waals surface area contributed by atoms with Crippen LogP contribution in [0.15, 0.2) is 54.6 Å². The summed E-state index contributed by atoms with van der Waals surface area (Å²) in [6.07, 6.45) is -10.1. The van der Waals surface area contributed by atoms with E-state index in [1.54, 1.807) is 0 Å². The van der Waals surface area contributed by atoms with Gasteiger partial charge < -0.3 is 93.1 Å². The Balaban J connectivity index is 0.0000169. The highest BCUT2D eigenvalue weighted by molar-refractivity contribution is 6.04. The number of aliphatic hydroxyl groups excluding tert-OH is 1. The summed E-state index contributed by atoms with van der Waals surface area (Å²) in [5.74, 6) is -26.8. The normalized spacial score (nSPS) is 14.7. The van der Waals surface area contributed by atoms with Crippen LogP contribution in [0.25, 0.3) is 0 Å². The van der Waals surface area contributed by atoms with Crippen molar-refractivity contribution in [1.82, 2.24) is 31.9 Å². The molecular formula is C54H67N7O27. The average Bonchev–Trinajstić information content (AvgIpc) is 1.63. The first-order chi connectivity index (χ1) is 41.3. The van der Waals surface area contributed by atoms with Gasteiger partial charge in [0.05, 0.1) is 44.4 Å². The van der Waals surface area contributed by atoms with Gasteiger partial charge >= 0.3 is 41.8 Å². The number of phenols is 2. The third kappa shape index (κ3) is 17.7. The molecule has 34 heteroatoms. The predicted molar refractivity (Wildman–Crippen MR) is 296 cm³/mol. The molecule has 34 nitrogen and oxygen atoms in total. The highest BCUT2D eigenvalue weighted by atomic mass is 16.6. The first-order valence-electron chi connectivity index (χ1n) is 26.1. The molecule has 5 rings (SSSR count). The number of esters is 1. The average molecular weight is 1250 g/mol. The number of fused-ring (bicyclic) bond motifs is 6. The molecule has 0 aromatic heterocycles. The van der Waals surface area contributed by atoms with Crippen LogP contribution in [0.3, 0.4) is 0 Å². The number of aromatic hydroxyl groups is 2. The second-order valence-corrected chi connectivity index (χ2v) is 19.9. The second-order valence-electron chi connectivity index (χ2n) is 19.9. The Labute approximate surface area is 501 Å². The van der Waals surface area contributed by atoms with E-state index in [9.17, 15) is 123 Å². The number of nitrogens with two attached hydrogens (primary N) is 1. The zero-order chi connectivity index (χ0) is 65.5. The Morgan fingerprint density at radius 1 is 0.511 bits per heavy atom. The van der Waals surface area contributed by atoms with E-state index in [0.717, 1.165) is 6.07 Å². The van der Waals surface area contributed by atoms with Crippen molar-refractivity contribution in [3.8, 4) is 23.0 Å². The molecule has 17 N–H and O–H groups in total. The van der Waals surface area contributed by atoms with E-state index in [1.807, 2.05) is 21.3 Å². The fraction of sp³-hybridized carbons (Fsp3) is 0.370. The minimum Gasteiger partial charge on any atom is -0.508 e. The summed E-state index contributed by atoms with van der Waals surface area (Å²) >= 11 is 0. The number of hydrogen-bond acceptors (Lipinski definition) is 21. The highest BCUT2D eigenvalue weighted by Gasteiger charge is 2.54. The predicted octanol–water partition coefficient (Wildman–Crippen LogP) is -1.69. The molecule has 0 radical (unpaired) electrons. The monoisotopic (exact) mass is 1250 g/mol. The molecule has 2 heterocycles. The largest absolute Gasteiger partial charge is 0.508 e. The van der Waals surface area contributed by atoms with Crippen LogP contribution in [0.2, 0.25) is 0 Å². The van der Waals surface area contributed by atoms with Gasteiger partial charge in [-0.05, 0) is 49.2 Å². The molecule has 480 valence electrons. The zero-order valence-corrected chi connectivity index (χ0v) is 45.7. The van der Waals surface area contributed by atoms with Crippen molar-refractivity contribution in [2.75, 3.05) is 13.2 Å². The molecule has 88 heavy (non-hydrogen) atoms. The number of carbonyl (C=O) groups is 16. The van der Waals surface area contributed by atoms with E-state index in [-0.39, 0.29) is 57.9 Å². The lowest BCUT2D eigenvalue weighted by Gasteiger charge is -2.36. The van der Waals surface area contributed by atoms with Gasteiger partial charge in [0.15, 0.2) is 11.4 Å². The number of ether oxygens (including phenoxy) is 2. The topological polar surface area (TPSA) is 572 Å². The molecule has 0 fully saturated rings. The fourth-order valence-electron chi connectivity index (χ4n) is 9.32. The van der Waals surface area contributed by atoms with Crippen molar-refractivity contribution in [2.45, 2.75) is 100 Å². The van der Waals surface area contributed by atoms with Crippen LogP contribution < -0.4 is 42.4 Å². The first kappa shape index (κ1) is 67.7. The quantitative estimate of drug-likeness (QED) is 0.0297. The van der Waals surface area contributed by atoms with E-state index in [2.05, 4.69) is 10.6 Å². The van der Waals surface area contributed by atoms with Crippen molar-refractivity contribution < 1.29 is 139 Å². The molecule has 1 spiro atoms. The maximum Gasteiger partial charge on any atom is 0.340 e. The number of ketones is 2. The molecule has 7 unspecified atom stereocenters. The molecule has 7 atom stereocenters. The molecule has 0 saturated carbocycles. The molecular weight excluding hydrogens is 1180 g/mol. The number of primary amides is 1. The lowest BCUT2D eigenvalue weighted by atomic mass is 9.77. The number of carboxylic acids is 6.